The van der Waals surface area contributed by atoms with Gasteiger partial charge >= 0.3 is 0 Å². The standard InChI is InChI=1S/C18H18FN5OS/c19-14-5-2-1-4-13(14)15-10-16(23-22-15)17(25)20-8-6-12-11-26-18-21-7-3-9-24(12)18/h1-2,4-5,10-11H,3,6-9H2,(H,20,25)(H,22,23). The fourth-order valence-corrected chi connectivity index (χ4v) is 3.96. The van der Waals surface area contributed by atoms with Gasteiger partial charge in [0, 0.05) is 37.3 Å². The van der Waals surface area contributed by atoms with Crippen LogP contribution in [0.25, 0.3) is 11.3 Å². The van der Waals surface area contributed by atoms with Gasteiger partial charge in [-0.3, -0.25) is 14.9 Å². The summed E-state index contributed by atoms with van der Waals surface area (Å²) in [6.07, 6.45) is 1.80. The third-order valence-electron chi connectivity index (χ3n) is 4.30. The Kier molecular flexibility index (Phi) is 4.75. The van der Waals surface area contributed by atoms with Crippen LogP contribution >= 0.6 is 11.8 Å². The summed E-state index contributed by atoms with van der Waals surface area (Å²) in [5.74, 6) is -0.616. The number of aromatic amines is 1. The molecule has 0 saturated heterocycles. The lowest BCUT2D eigenvalue weighted by atomic mass is 10.1. The molecule has 3 heterocycles. The summed E-state index contributed by atoms with van der Waals surface area (Å²) in [7, 11) is 0. The molecule has 2 aliphatic heterocycles. The number of aliphatic imine (C=N–C) groups is 1. The zero-order chi connectivity index (χ0) is 17.9. The van der Waals surface area contributed by atoms with Crippen molar-refractivity contribution in [3.05, 3.63) is 52.9 Å². The van der Waals surface area contributed by atoms with Crippen molar-refractivity contribution in [1.82, 2.24) is 20.4 Å². The van der Waals surface area contributed by atoms with Crippen molar-refractivity contribution in [2.45, 2.75) is 12.8 Å². The summed E-state index contributed by atoms with van der Waals surface area (Å²) in [5.41, 5.74) is 2.29. The predicted octanol–water partition coefficient (Wildman–Crippen LogP) is 2.99. The Morgan fingerprint density at radius 1 is 1.38 bits per heavy atom. The lowest BCUT2D eigenvalue weighted by Gasteiger charge is -2.25. The highest BCUT2D eigenvalue weighted by Crippen LogP contribution is 2.30. The molecule has 0 unspecified atom stereocenters. The Bertz CT molecular complexity index is 891. The second-order valence-electron chi connectivity index (χ2n) is 6.05. The number of rotatable bonds is 5. The van der Waals surface area contributed by atoms with Crippen molar-refractivity contribution >= 4 is 22.8 Å². The monoisotopic (exact) mass is 371 g/mol. The van der Waals surface area contributed by atoms with E-state index in [1.165, 1.54) is 11.8 Å². The fraction of sp³-hybridized carbons (Fsp3) is 0.278. The molecule has 0 atom stereocenters. The molecule has 0 radical (unpaired) electrons. The van der Waals surface area contributed by atoms with Crippen LogP contribution in [-0.4, -0.2) is 45.8 Å². The van der Waals surface area contributed by atoms with E-state index < -0.39 is 0 Å². The Morgan fingerprint density at radius 2 is 2.27 bits per heavy atom. The van der Waals surface area contributed by atoms with Crippen molar-refractivity contribution < 1.29 is 9.18 Å². The van der Waals surface area contributed by atoms with Crippen molar-refractivity contribution in [3.8, 4) is 11.3 Å². The number of carbonyl (C=O) groups is 1. The van der Waals surface area contributed by atoms with Crippen molar-refractivity contribution in [2.75, 3.05) is 19.6 Å². The highest BCUT2D eigenvalue weighted by Gasteiger charge is 2.24. The molecule has 26 heavy (non-hydrogen) atoms. The number of fused-ring (bicyclic) bond motifs is 1. The van der Waals surface area contributed by atoms with Crippen LogP contribution in [0.3, 0.4) is 0 Å². The fourth-order valence-electron chi connectivity index (χ4n) is 2.97. The summed E-state index contributed by atoms with van der Waals surface area (Å²) in [6.45, 7) is 2.39. The smallest absolute Gasteiger partial charge is 0.269 e. The quantitative estimate of drug-likeness (QED) is 0.847. The molecule has 0 aliphatic carbocycles. The molecule has 1 amide bonds. The van der Waals surface area contributed by atoms with Crippen molar-refractivity contribution in [1.29, 1.82) is 0 Å². The summed E-state index contributed by atoms with van der Waals surface area (Å²) in [4.78, 5) is 19.0. The lowest BCUT2D eigenvalue weighted by molar-refractivity contribution is 0.0948. The topological polar surface area (TPSA) is 73.4 Å². The number of hydrogen-bond acceptors (Lipinski definition) is 5. The van der Waals surface area contributed by atoms with Gasteiger partial charge in [0.05, 0.1) is 5.69 Å². The highest BCUT2D eigenvalue weighted by molar-refractivity contribution is 8.16. The zero-order valence-electron chi connectivity index (χ0n) is 14.0. The minimum Gasteiger partial charge on any atom is -0.350 e. The maximum atomic E-state index is 13.8. The first-order valence-electron chi connectivity index (χ1n) is 8.48. The first-order valence-corrected chi connectivity index (χ1v) is 9.36. The molecule has 134 valence electrons. The van der Waals surface area contributed by atoms with Crippen LogP contribution in [0.2, 0.25) is 0 Å². The van der Waals surface area contributed by atoms with E-state index in [0.29, 0.717) is 23.5 Å². The van der Waals surface area contributed by atoms with E-state index in [-0.39, 0.29) is 11.7 Å². The van der Waals surface area contributed by atoms with Gasteiger partial charge in [0.1, 0.15) is 11.5 Å². The molecule has 1 aromatic heterocycles. The Morgan fingerprint density at radius 3 is 3.15 bits per heavy atom. The average Bonchev–Trinajstić information content (AvgIpc) is 3.30. The zero-order valence-corrected chi connectivity index (χ0v) is 14.9. The van der Waals surface area contributed by atoms with Crippen LogP contribution in [0.4, 0.5) is 4.39 Å². The molecule has 4 rings (SSSR count). The number of nitrogens with zero attached hydrogens (tertiary/aromatic N) is 3. The predicted molar refractivity (Wildman–Crippen MR) is 100 cm³/mol. The van der Waals surface area contributed by atoms with Gasteiger partial charge in [-0.05, 0) is 30.0 Å². The highest BCUT2D eigenvalue weighted by atomic mass is 32.2. The van der Waals surface area contributed by atoms with E-state index in [4.69, 9.17) is 0 Å². The number of hydrogen-bond donors (Lipinski definition) is 2. The van der Waals surface area contributed by atoms with Crippen LogP contribution in [0.15, 0.2) is 46.4 Å². The first-order chi connectivity index (χ1) is 12.7. The number of benzene rings is 1. The van der Waals surface area contributed by atoms with Gasteiger partial charge in [-0.2, -0.15) is 5.10 Å². The van der Waals surface area contributed by atoms with E-state index in [1.807, 2.05) is 0 Å². The lowest BCUT2D eigenvalue weighted by Crippen LogP contribution is -2.32. The Hall–Kier alpha value is -2.61. The van der Waals surface area contributed by atoms with Crippen LogP contribution in [0.5, 0.6) is 0 Å². The van der Waals surface area contributed by atoms with Crippen LogP contribution < -0.4 is 5.32 Å². The number of halogens is 1. The number of thioether (sulfide) groups is 1. The summed E-state index contributed by atoms with van der Waals surface area (Å²) in [5, 5.41) is 12.8. The first kappa shape index (κ1) is 16.8. The minimum atomic E-state index is -0.365. The molecule has 0 fully saturated rings. The van der Waals surface area contributed by atoms with Crippen LogP contribution in [0.1, 0.15) is 23.3 Å². The van der Waals surface area contributed by atoms with Gasteiger partial charge in [0.25, 0.3) is 5.91 Å². The third kappa shape index (κ3) is 3.37. The Balaban J connectivity index is 1.34. The molecule has 2 aromatic rings. The maximum absolute atomic E-state index is 13.8. The van der Waals surface area contributed by atoms with E-state index in [0.717, 1.165) is 31.1 Å². The van der Waals surface area contributed by atoms with Crippen molar-refractivity contribution in [2.24, 2.45) is 4.99 Å². The van der Waals surface area contributed by atoms with Gasteiger partial charge in [-0.1, -0.05) is 23.9 Å². The Labute approximate surface area is 154 Å². The number of carbonyl (C=O) groups excluding carboxylic acids is 1. The van der Waals surface area contributed by atoms with E-state index in [2.05, 4.69) is 30.8 Å². The SMILES string of the molecule is O=C(NCCC1=CSC2=NCCCN12)c1cc(-c2ccccc2F)n[nH]1. The van der Waals surface area contributed by atoms with E-state index >= 15 is 0 Å². The molecule has 0 saturated carbocycles. The van der Waals surface area contributed by atoms with Crippen molar-refractivity contribution in [3.63, 3.8) is 0 Å². The molecule has 8 heteroatoms. The number of aromatic nitrogens is 2. The summed E-state index contributed by atoms with van der Waals surface area (Å²) in [6, 6.07) is 7.92. The van der Waals surface area contributed by atoms with Gasteiger partial charge in [0.2, 0.25) is 0 Å². The van der Waals surface area contributed by atoms with Crippen LogP contribution in [0, 0.1) is 5.82 Å². The van der Waals surface area contributed by atoms with E-state index in [1.54, 1.807) is 36.0 Å². The molecule has 2 N–H and O–H groups in total. The average molecular weight is 371 g/mol. The maximum Gasteiger partial charge on any atom is 0.269 e. The molecule has 2 aliphatic rings. The molecule has 0 spiro atoms. The summed E-state index contributed by atoms with van der Waals surface area (Å²) < 4.78 is 13.8. The van der Waals surface area contributed by atoms with Gasteiger partial charge in [-0.25, -0.2) is 4.39 Å². The number of H-pyrrole nitrogens is 1. The molecular weight excluding hydrogens is 353 g/mol. The van der Waals surface area contributed by atoms with Gasteiger partial charge < -0.3 is 10.2 Å². The molecule has 0 bridgehead atoms. The molecule has 1 aromatic carbocycles. The number of amides is 1. The number of nitrogens with one attached hydrogen (secondary N) is 2. The third-order valence-corrected chi connectivity index (χ3v) is 5.25. The molecule has 6 nitrogen and oxygen atoms in total. The summed E-state index contributed by atoms with van der Waals surface area (Å²) >= 11 is 1.64. The largest absolute Gasteiger partial charge is 0.350 e. The van der Waals surface area contributed by atoms with E-state index in [9.17, 15) is 9.18 Å². The van der Waals surface area contributed by atoms with Gasteiger partial charge in [-0.15, -0.1) is 0 Å². The number of amidine groups is 1. The van der Waals surface area contributed by atoms with Gasteiger partial charge in [0.15, 0.2) is 5.17 Å². The minimum absolute atomic E-state index is 0.251. The molecular formula is C18H18FN5OS. The second-order valence-corrected chi connectivity index (χ2v) is 6.89. The van der Waals surface area contributed by atoms with Crippen LogP contribution in [-0.2, 0) is 0 Å². The second kappa shape index (κ2) is 7.33. The normalized spacial score (nSPS) is 16.1.